The number of aliphatic carboxylic acids is 1. The predicted octanol–water partition coefficient (Wildman–Crippen LogP) is 3.98. The van der Waals surface area contributed by atoms with E-state index in [1.807, 2.05) is 0 Å². The van der Waals surface area contributed by atoms with Crippen molar-refractivity contribution in [3.05, 3.63) is 43.9 Å². The molecule has 140 valence electrons. The van der Waals surface area contributed by atoms with Crippen molar-refractivity contribution in [2.45, 2.75) is 12.8 Å². The number of nitrogens with zero attached hydrogens (tertiary/aromatic N) is 2. The quantitative estimate of drug-likeness (QED) is 0.307. The molecule has 1 aliphatic heterocycles. The van der Waals surface area contributed by atoms with E-state index in [4.69, 9.17) is 21.7 Å². The van der Waals surface area contributed by atoms with Gasteiger partial charge in [0.25, 0.3) is 5.91 Å². The fourth-order valence-electron chi connectivity index (χ4n) is 2.49. The molecule has 27 heavy (non-hydrogen) atoms. The number of amides is 1. The molecule has 0 saturated carbocycles. The van der Waals surface area contributed by atoms with Gasteiger partial charge in [0.05, 0.1) is 15.4 Å². The highest BCUT2D eigenvalue weighted by atomic mass is 32.2. The predicted molar refractivity (Wildman–Crippen MR) is 105 cm³/mol. The van der Waals surface area contributed by atoms with Gasteiger partial charge in [-0.1, -0.05) is 24.0 Å². The second-order valence-corrected chi connectivity index (χ2v) is 7.92. The lowest BCUT2D eigenvalue weighted by molar-refractivity contribution is -0.384. The van der Waals surface area contributed by atoms with Gasteiger partial charge in [-0.05, 0) is 28.8 Å². The van der Waals surface area contributed by atoms with Crippen LogP contribution < -0.4 is 0 Å². The Hall–Kier alpha value is -2.50. The maximum Gasteiger partial charge on any atom is 0.315 e. The third-order valence-electron chi connectivity index (χ3n) is 3.75. The van der Waals surface area contributed by atoms with E-state index in [2.05, 4.69) is 0 Å². The molecule has 1 N–H and O–H groups in total. The van der Waals surface area contributed by atoms with Crippen LogP contribution in [0.4, 0.5) is 5.69 Å². The topological polar surface area (TPSA) is 114 Å². The van der Waals surface area contributed by atoms with Crippen LogP contribution in [0.5, 0.6) is 0 Å². The number of hydrogen-bond donors (Lipinski definition) is 1. The van der Waals surface area contributed by atoms with Crippen LogP contribution >= 0.6 is 35.3 Å². The molecule has 8 nitrogen and oxygen atoms in total. The Morgan fingerprint density at radius 1 is 1.37 bits per heavy atom. The molecule has 11 heteroatoms. The number of thioether (sulfide) groups is 1. The summed E-state index contributed by atoms with van der Waals surface area (Å²) >= 11 is 7.69. The number of carbonyl (C=O) groups is 2. The Labute approximate surface area is 166 Å². The highest BCUT2D eigenvalue weighted by molar-refractivity contribution is 8.26. The minimum atomic E-state index is -0.930. The van der Waals surface area contributed by atoms with Gasteiger partial charge in [-0.2, -0.15) is 11.3 Å². The maximum absolute atomic E-state index is 12.6. The number of thiocarbonyl (C=S) groups is 1. The summed E-state index contributed by atoms with van der Waals surface area (Å²) in [6.07, 6.45) is 4.27. The second-order valence-electron chi connectivity index (χ2n) is 5.50. The van der Waals surface area contributed by atoms with E-state index >= 15 is 0 Å². The molecule has 1 saturated heterocycles. The molecule has 0 aliphatic carbocycles. The first-order chi connectivity index (χ1) is 12.9. The van der Waals surface area contributed by atoms with Gasteiger partial charge in [0, 0.05) is 18.5 Å². The Balaban J connectivity index is 1.84. The van der Waals surface area contributed by atoms with E-state index in [9.17, 15) is 19.7 Å². The molecule has 0 bridgehead atoms. The molecule has 0 spiro atoms. The van der Waals surface area contributed by atoms with Crippen molar-refractivity contribution in [2.75, 3.05) is 6.54 Å². The van der Waals surface area contributed by atoms with Gasteiger partial charge >= 0.3 is 11.7 Å². The molecular formula is C16H12N2O6S3. The normalized spacial score (nSPS) is 15.7. The molecule has 0 unspecified atom stereocenters. The molecule has 1 amide bonds. The zero-order chi connectivity index (χ0) is 19.6. The molecule has 1 fully saturated rings. The van der Waals surface area contributed by atoms with Crippen LogP contribution in [0, 0.1) is 10.1 Å². The van der Waals surface area contributed by atoms with Crippen molar-refractivity contribution in [1.29, 1.82) is 0 Å². The zero-order valence-electron chi connectivity index (χ0n) is 13.6. The van der Waals surface area contributed by atoms with Gasteiger partial charge in [-0.15, -0.1) is 0 Å². The number of carbonyl (C=O) groups excluding carboxylic acids is 1. The van der Waals surface area contributed by atoms with Gasteiger partial charge in [0.2, 0.25) is 0 Å². The van der Waals surface area contributed by atoms with Crippen LogP contribution in [0.1, 0.15) is 18.4 Å². The Kier molecular flexibility index (Phi) is 5.73. The molecule has 2 aromatic rings. The maximum atomic E-state index is 12.6. The lowest BCUT2D eigenvalue weighted by Gasteiger charge is -2.13. The van der Waals surface area contributed by atoms with E-state index in [1.165, 1.54) is 22.5 Å². The van der Waals surface area contributed by atoms with E-state index < -0.39 is 10.9 Å². The first kappa shape index (κ1) is 19.3. The van der Waals surface area contributed by atoms with Crippen molar-refractivity contribution < 1.29 is 24.0 Å². The van der Waals surface area contributed by atoms with Crippen LogP contribution in [0.3, 0.4) is 0 Å². The molecule has 0 aromatic carbocycles. The molecule has 0 radical (unpaired) electrons. The Morgan fingerprint density at radius 2 is 2.15 bits per heavy atom. The lowest BCUT2D eigenvalue weighted by atomic mass is 10.1. The van der Waals surface area contributed by atoms with Crippen molar-refractivity contribution >= 4 is 63.3 Å². The van der Waals surface area contributed by atoms with Crippen molar-refractivity contribution in [1.82, 2.24) is 4.90 Å². The van der Waals surface area contributed by atoms with Crippen LogP contribution in [0.2, 0.25) is 0 Å². The lowest BCUT2D eigenvalue weighted by Crippen LogP contribution is -2.29. The molecule has 3 heterocycles. The number of carboxylic acids is 1. The minimum absolute atomic E-state index is 0.0467. The van der Waals surface area contributed by atoms with Gasteiger partial charge in [-0.3, -0.25) is 24.6 Å². The average Bonchev–Trinajstić information content (AvgIpc) is 3.30. The molecule has 2 aromatic heterocycles. The summed E-state index contributed by atoms with van der Waals surface area (Å²) in [5, 5.41) is 23.4. The fraction of sp³-hybridized carbons (Fsp3) is 0.188. The Bertz CT molecular complexity index is 961. The standard InChI is InChI=1S/C16H12N2O6S3/c19-14(20)2-1-3-17-15(21)13(27-16(17)25)4-9-7-26-8-11(9)10-5-24-6-12(10)18(22)23/h4-8H,1-3H2,(H,19,20). The van der Waals surface area contributed by atoms with Gasteiger partial charge < -0.3 is 9.52 Å². The SMILES string of the molecule is O=C(O)CCCN1C(=O)C(=Cc2cscc2-c2cocc2[N+](=O)[O-])SC1=S. The number of furan rings is 1. The summed E-state index contributed by atoms with van der Waals surface area (Å²) in [5.74, 6) is -1.23. The highest BCUT2D eigenvalue weighted by Gasteiger charge is 2.32. The van der Waals surface area contributed by atoms with E-state index in [0.717, 1.165) is 18.0 Å². The summed E-state index contributed by atoms with van der Waals surface area (Å²) in [6, 6.07) is 0. The highest BCUT2D eigenvalue weighted by Crippen LogP contribution is 2.39. The van der Waals surface area contributed by atoms with Gasteiger partial charge in [0.15, 0.2) is 6.26 Å². The van der Waals surface area contributed by atoms with Crippen LogP contribution in [0.25, 0.3) is 17.2 Å². The van der Waals surface area contributed by atoms with Gasteiger partial charge in [0.1, 0.15) is 10.6 Å². The number of carboxylic acid groups (broad SMARTS) is 1. The first-order valence-corrected chi connectivity index (χ1v) is 9.79. The summed E-state index contributed by atoms with van der Waals surface area (Å²) in [6.45, 7) is 0.234. The van der Waals surface area contributed by atoms with Crippen LogP contribution in [-0.4, -0.2) is 37.7 Å². The van der Waals surface area contributed by atoms with E-state index in [-0.39, 0.29) is 24.6 Å². The minimum Gasteiger partial charge on any atom is -0.481 e. The Morgan fingerprint density at radius 3 is 2.85 bits per heavy atom. The summed E-state index contributed by atoms with van der Waals surface area (Å²) in [7, 11) is 0. The molecule has 0 atom stereocenters. The number of rotatable bonds is 7. The smallest absolute Gasteiger partial charge is 0.315 e. The van der Waals surface area contributed by atoms with Crippen molar-refractivity contribution in [3.63, 3.8) is 0 Å². The average molecular weight is 424 g/mol. The monoisotopic (exact) mass is 424 g/mol. The van der Waals surface area contributed by atoms with Crippen LogP contribution in [-0.2, 0) is 9.59 Å². The van der Waals surface area contributed by atoms with Gasteiger partial charge in [-0.25, -0.2) is 0 Å². The largest absolute Gasteiger partial charge is 0.481 e. The summed E-state index contributed by atoms with van der Waals surface area (Å²) in [4.78, 5) is 35.6. The molecule has 3 rings (SSSR count). The number of nitro groups is 1. The summed E-state index contributed by atoms with van der Waals surface area (Å²) < 4.78 is 5.33. The zero-order valence-corrected chi connectivity index (χ0v) is 16.1. The summed E-state index contributed by atoms with van der Waals surface area (Å²) in [5.41, 5.74) is 1.43. The van der Waals surface area contributed by atoms with Crippen LogP contribution in [0.15, 0.2) is 32.6 Å². The first-order valence-electron chi connectivity index (χ1n) is 7.62. The fourth-order valence-corrected chi connectivity index (χ4v) is 4.60. The van der Waals surface area contributed by atoms with Crippen molar-refractivity contribution in [3.8, 4) is 11.1 Å². The number of thiophene rings is 1. The second kappa shape index (κ2) is 8.03. The van der Waals surface area contributed by atoms with Crippen molar-refractivity contribution in [2.24, 2.45) is 0 Å². The number of hydrogen-bond acceptors (Lipinski definition) is 8. The van der Waals surface area contributed by atoms with E-state index in [1.54, 1.807) is 16.8 Å². The molecular weight excluding hydrogens is 412 g/mol. The molecule has 1 aliphatic rings. The third-order valence-corrected chi connectivity index (χ3v) is 5.89. The third kappa shape index (κ3) is 4.10. The van der Waals surface area contributed by atoms with E-state index in [0.29, 0.717) is 32.3 Å².